The van der Waals surface area contributed by atoms with Gasteiger partial charge in [-0.1, -0.05) is 24.6 Å². The molecule has 1 N–H and O–H groups in total. The zero-order chi connectivity index (χ0) is 19.4. The van der Waals surface area contributed by atoms with Crippen molar-refractivity contribution in [1.82, 2.24) is 5.32 Å². The Morgan fingerprint density at radius 1 is 1.11 bits per heavy atom. The van der Waals surface area contributed by atoms with E-state index in [0.29, 0.717) is 17.5 Å². The van der Waals surface area contributed by atoms with Gasteiger partial charge in [-0.3, -0.25) is 4.79 Å². The molecule has 0 aliphatic heterocycles. The van der Waals surface area contributed by atoms with Gasteiger partial charge < -0.3 is 14.5 Å². The summed E-state index contributed by atoms with van der Waals surface area (Å²) in [5.74, 6) is -0.723. The van der Waals surface area contributed by atoms with E-state index in [9.17, 15) is 14.4 Å². The Hall–Kier alpha value is -3.41. The summed E-state index contributed by atoms with van der Waals surface area (Å²) in [6.07, 6.45) is 0.764. The van der Waals surface area contributed by atoms with Gasteiger partial charge in [-0.25, -0.2) is 9.59 Å². The first kappa shape index (κ1) is 18.4. The molecule has 0 bridgehead atoms. The van der Waals surface area contributed by atoms with Gasteiger partial charge in [0, 0.05) is 18.0 Å². The monoisotopic (exact) mass is 365 g/mol. The van der Waals surface area contributed by atoms with Gasteiger partial charge in [-0.2, -0.15) is 0 Å². The van der Waals surface area contributed by atoms with Crippen LogP contribution in [0.2, 0.25) is 0 Å². The van der Waals surface area contributed by atoms with Gasteiger partial charge in [0.1, 0.15) is 16.9 Å². The van der Waals surface area contributed by atoms with Crippen LogP contribution in [0.3, 0.4) is 0 Å². The van der Waals surface area contributed by atoms with Crippen molar-refractivity contribution in [3.05, 3.63) is 75.6 Å². The van der Waals surface area contributed by atoms with E-state index in [1.165, 1.54) is 12.1 Å². The smallest absolute Gasteiger partial charge is 0.349 e. The molecule has 6 heteroatoms. The number of nitrogens with one attached hydrogen (secondary N) is 1. The molecular weight excluding hydrogens is 346 g/mol. The summed E-state index contributed by atoms with van der Waals surface area (Å²) in [5, 5.41) is 3.21. The summed E-state index contributed by atoms with van der Waals surface area (Å²) >= 11 is 0. The summed E-state index contributed by atoms with van der Waals surface area (Å²) in [4.78, 5) is 36.4. The van der Waals surface area contributed by atoms with Crippen LogP contribution in [0.25, 0.3) is 11.0 Å². The van der Waals surface area contributed by atoms with Crippen molar-refractivity contribution in [1.29, 1.82) is 0 Å². The predicted octanol–water partition coefficient (Wildman–Crippen LogP) is 3.46. The number of hydrogen-bond acceptors (Lipinski definition) is 5. The topological polar surface area (TPSA) is 85.6 Å². The lowest BCUT2D eigenvalue weighted by atomic mass is 10.1. The van der Waals surface area contributed by atoms with Gasteiger partial charge in [-0.05, 0) is 43.7 Å². The molecule has 138 valence electrons. The zero-order valence-corrected chi connectivity index (χ0v) is 15.1. The number of aryl methyl sites for hydroxylation is 1. The number of esters is 1. The molecule has 0 atom stereocenters. The molecule has 27 heavy (non-hydrogen) atoms. The minimum Gasteiger partial charge on any atom is -0.423 e. The first-order valence-electron chi connectivity index (χ1n) is 8.63. The normalized spacial score (nSPS) is 10.6. The van der Waals surface area contributed by atoms with Gasteiger partial charge in [0.25, 0.3) is 5.91 Å². The molecule has 1 aromatic heterocycles. The van der Waals surface area contributed by atoms with Crippen LogP contribution in [0.1, 0.15) is 39.6 Å². The maximum Gasteiger partial charge on any atom is 0.349 e. The lowest BCUT2D eigenvalue weighted by Gasteiger charge is -2.07. The van der Waals surface area contributed by atoms with Crippen molar-refractivity contribution >= 4 is 22.8 Å². The number of amides is 1. The van der Waals surface area contributed by atoms with Gasteiger partial charge in [0.15, 0.2) is 0 Å². The highest BCUT2D eigenvalue weighted by Crippen LogP contribution is 2.21. The van der Waals surface area contributed by atoms with E-state index in [4.69, 9.17) is 9.15 Å². The number of fused-ring (bicyclic) bond motifs is 1. The average molecular weight is 365 g/mol. The molecular formula is C21H19NO5. The second kappa shape index (κ2) is 7.86. The SMILES string of the molecule is CCCNC(=O)c1cc2ccc(OC(=O)c3cccc(C)c3)cc2oc1=O. The van der Waals surface area contributed by atoms with E-state index >= 15 is 0 Å². The van der Waals surface area contributed by atoms with Crippen LogP contribution < -0.4 is 15.7 Å². The fourth-order valence-corrected chi connectivity index (χ4v) is 2.59. The molecule has 0 spiro atoms. The third-order valence-electron chi connectivity index (χ3n) is 3.95. The Kier molecular flexibility index (Phi) is 5.35. The quantitative estimate of drug-likeness (QED) is 0.425. The molecule has 0 unspecified atom stereocenters. The highest BCUT2D eigenvalue weighted by Gasteiger charge is 2.14. The van der Waals surface area contributed by atoms with Crippen LogP contribution in [0.15, 0.2) is 57.7 Å². The van der Waals surface area contributed by atoms with Crippen molar-refractivity contribution in [2.45, 2.75) is 20.3 Å². The third kappa shape index (κ3) is 4.23. The number of benzene rings is 2. The Balaban J connectivity index is 1.86. The molecule has 2 aromatic carbocycles. The minimum absolute atomic E-state index is 0.0551. The molecule has 0 aliphatic carbocycles. The van der Waals surface area contributed by atoms with Gasteiger partial charge in [0.2, 0.25) is 0 Å². The average Bonchev–Trinajstić information content (AvgIpc) is 2.65. The molecule has 3 aromatic rings. The van der Waals surface area contributed by atoms with Crippen molar-refractivity contribution < 1.29 is 18.7 Å². The largest absolute Gasteiger partial charge is 0.423 e. The highest BCUT2D eigenvalue weighted by atomic mass is 16.5. The Morgan fingerprint density at radius 3 is 2.67 bits per heavy atom. The van der Waals surface area contributed by atoms with Crippen LogP contribution in [-0.2, 0) is 0 Å². The van der Waals surface area contributed by atoms with Crippen LogP contribution in [0.5, 0.6) is 5.75 Å². The van der Waals surface area contributed by atoms with Crippen molar-refractivity contribution in [2.24, 2.45) is 0 Å². The minimum atomic E-state index is -0.738. The molecule has 1 heterocycles. The molecule has 0 saturated heterocycles. The number of carbonyl (C=O) groups is 2. The molecule has 6 nitrogen and oxygen atoms in total. The zero-order valence-electron chi connectivity index (χ0n) is 15.1. The first-order valence-corrected chi connectivity index (χ1v) is 8.63. The summed E-state index contributed by atoms with van der Waals surface area (Å²) in [7, 11) is 0. The Bertz CT molecular complexity index is 1070. The van der Waals surface area contributed by atoms with Crippen molar-refractivity contribution in [2.75, 3.05) is 6.54 Å². The molecule has 3 rings (SSSR count). The molecule has 0 fully saturated rings. The van der Waals surface area contributed by atoms with E-state index in [-0.39, 0.29) is 16.9 Å². The first-order chi connectivity index (χ1) is 13.0. The lowest BCUT2D eigenvalue weighted by molar-refractivity contribution is 0.0734. The highest BCUT2D eigenvalue weighted by molar-refractivity contribution is 5.97. The van der Waals surface area contributed by atoms with Gasteiger partial charge in [0.05, 0.1) is 5.56 Å². The maximum atomic E-state index is 12.2. The molecule has 1 amide bonds. The summed E-state index contributed by atoms with van der Waals surface area (Å²) < 4.78 is 10.6. The second-order valence-corrected chi connectivity index (χ2v) is 6.16. The third-order valence-corrected chi connectivity index (χ3v) is 3.95. The van der Waals surface area contributed by atoms with Crippen LogP contribution >= 0.6 is 0 Å². The van der Waals surface area contributed by atoms with E-state index in [0.717, 1.165) is 12.0 Å². The fraction of sp³-hybridized carbons (Fsp3) is 0.190. The molecule has 0 saturated carbocycles. The summed E-state index contributed by atoms with van der Waals surface area (Å²) in [5.41, 5.74) is 0.822. The van der Waals surface area contributed by atoms with Gasteiger partial charge >= 0.3 is 11.6 Å². The van der Waals surface area contributed by atoms with Crippen LogP contribution in [-0.4, -0.2) is 18.4 Å². The summed E-state index contributed by atoms with van der Waals surface area (Å²) in [6, 6.07) is 13.2. The summed E-state index contributed by atoms with van der Waals surface area (Å²) in [6.45, 7) is 4.28. The number of hydrogen-bond donors (Lipinski definition) is 1. The second-order valence-electron chi connectivity index (χ2n) is 6.16. The Morgan fingerprint density at radius 2 is 1.93 bits per heavy atom. The van der Waals surface area contributed by atoms with Crippen molar-refractivity contribution in [3.63, 3.8) is 0 Å². The lowest BCUT2D eigenvalue weighted by Crippen LogP contribution is -2.28. The van der Waals surface area contributed by atoms with E-state index in [1.807, 2.05) is 19.9 Å². The van der Waals surface area contributed by atoms with Gasteiger partial charge in [-0.15, -0.1) is 0 Å². The Labute approximate surface area is 155 Å². The van der Waals surface area contributed by atoms with Crippen LogP contribution in [0, 0.1) is 6.92 Å². The number of rotatable bonds is 5. The van der Waals surface area contributed by atoms with E-state index in [2.05, 4.69) is 5.32 Å². The van der Waals surface area contributed by atoms with Crippen LogP contribution in [0.4, 0.5) is 0 Å². The number of carbonyl (C=O) groups excluding carboxylic acids is 2. The van der Waals surface area contributed by atoms with E-state index < -0.39 is 17.5 Å². The van der Waals surface area contributed by atoms with E-state index in [1.54, 1.807) is 30.3 Å². The molecule has 0 radical (unpaired) electrons. The predicted molar refractivity (Wildman–Crippen MR) is 101 cm³/mol. The number of ether oxygens (including phenoxy) is 1. The maximum absolute atomic E-state index is 12.2. The standard InChI is InChI=1S/C21H19NO5/c1-3-9-22-19(23)17-11-14-7-8-16(12-18(14)27-21(17)25)26-20(24)15-6-4-5-13(2)10-15/h4-8,10-12H,3,9H2,1-2H3,(H,22,23). The molecule has 0 aliphatic rings. The van der Waals surface area contributed by atoms with Crippen molar-refractivity contribution in [3.8, 4) is 5.75 Å². The fourth-order valence-electron chi connectivity index (χ4n) is 2.59.